The Morgan fingerprint density at radius 1 is 0.938 bits per heavy atom. The number of sulfonamides is 1. The van der Waals surface area contributed by atoms with E-state index in [2.05, 4.69) is 5.32 Å². The number of nitrogens with zero attached hydrogens (tertiary/aromatic N) is 1. The zero-order valence-electron chi connectivity index (χ0n) is 18.8. The third kappa shape index (κ3) is 5.92. The fourth-order valence-electron chi connectivity index (χ4n) is 3.17. The molecule has 32 heavy (non-hydrogen) atoms. The molecule has 176 valence electrons. The van der Waals surface area contributed by atoms with Gasteiger partial charge in [-0.15, -0.1) is 0 Å². The average Bonchev–Trinajstić information content (AvgIpc) is 2.72. The lowest BCUT2D eigenvalue weighted by Crippen LogP contribution is -2.48. The normalized spacial score (nSPS) is 13.7. The quantitative estimate of drug-likeness (QED) is 0.579. The maximum Gasteiger partial charge on any atom is 0.244 e. The summed E-state index contributed by atoms with van der Waals surface area (Å²) in [6.07, 6.45) is 2.12. The molecule has 0 aromatic heterocycles. The van der Waals surface area contributed by atoms with Crippen molar-refractivity contribution in [2.24, 2.45) is 0 Å². The minimum atomic E-state index is -3.87. The second-order valence-electron chi connectivity index (χ2n) is 7.34. The summed E-state index contributed by atoms with van der Waals surface area (Å²) in [6, 6.07) is 9.18. The van der Waals surface area contributed by atoms with E-state index >= 15 is 0 Å². The van der Waals surface area contributed by atoms with Crippen LogP contribution in [0.2, 0.25) is 0 Å². The van der Waals surface area contributed by atoms with Crippen LogP contribution in [0.1, 0.15) is 25.5 Å². The van der Waals surface area contributed by atoms with Gasteiger partial charge < -0.3 is 14.8 Å². The van der Waals surface area contributed by atoms with Crippen molar-refractivity contribution in [2.75, 3.05) is 31.0 Å². The number of hydrogen-bond acceptors (Lipinski definition) is 7. The molecule has 0 aliphatic carbocycles. The molecule has 2 atom stereocenters. The predicted molar refractivity (Wildman–Crippen MR) is 122 cm³/mol. The molecular weight excluding hydrogens is 456 g/mol. The third-order valence-electron chi connectivity index (χ3n) is 4.88. The molecule has 0 fully saturated rings. The summed E-state index contributed by atoms with van der Waals surface area (Å²) >= 11 is 0. The van der Waals surface area contributed by atoms with Crippen molar-refractivity contribution in [3.8, 4) is 11.5 Å². The van der Waals surface area contributed by atoms with E-state index in [1.54, 1.807) is 31.2 Å². The molecular formula is C21H28N2O7S2. The number of methoxy groups -OCH3 is 2. The molecule has 0 saturated carbocycles. The average molecular weight is 485 g/mol. The lowest BCUT2D eigenvalue weighted by atomic mass is 10.1. The molecule has 1 amide bonds. The molecule has 11 heteroatoms. The van der Waals surface area contributed by atoms with Crippen molar-refractivity contribution in [1.82, 2.24) is 5.32 Å². The summed E-state index contributed by atoms with van der Waals surface area (Å²) in [5.41, 5.74) is 0.838. The third-order valence-corrected chi connectivity index (χ3v) is 7.23. The number of carbonyl (C=O) groups excluding carboxylic acids is 1. The Morgan fingerprint density at radius 3 is 2.00 bits per heavy atom. The van der Waals surface area contributed by atoms with Crippen LogP contribution >= 0.6 is 0 Å². The minimum Gasteiger partial charge on any atom is -0.497 e. The van der Waals surface area contributed by atoms with Crippen LogP contribution in [-0.2, 0) is 24.7 Å². The van der Waals surface area contributed by atoms with Crippen LogP contribution in [0.4, 0.5) is 5.69 Å². The SMILES string of the molecule is COc1ccc(OC)c(N([C@H](C)C(=O)N[C@H](C)c2ccc(S(C)(=O)=O)cc2)S(C)(=O)=O)c1. The standard InChI is InChI=1S/C21H28N2O7S2/c1-14(16-7-10-18(11-8-16)31(5,25)26)22-21(24)15(2)23(32(6,27)28)19-13-17(29-3)9-12-20(19)30-4/h7-15H,1-6H3,(H,22,24)/t14-,15-/m1/s1. The number of hydrogen-bond donors (Lipinski definition) is 1. The Labute approximate surface area is 189 Å². The Kier molecular flexibility index (Phi) is 7.79. The van der Waals surface area contributed by atoms with Gasteiger partial charge in [-0.3, -0.25) is 9.10 Å². The van der Waals surface area contributed by atoms with Gasteiger partial charge in [0.1, 0.15) is 17.5 Å². The maximum absolute atomic E-state index is 13.0. The van der Waals surface area contributed by atoms with Crippen LogP contribution < -0.4 is 19.1 Å². The van der Waals surface area contributed by atoms with E-state index < -0.39 is 37.9 Å². The Balaban J connectivity index is 2.33. The highest BCUT2D eigenvalue weighted by Crippen LogP contribution is 2.35. The molecule has 0 unspecified atom stereocenters. The van der Waals surface area contributed by atoms with Crippen molar-refractivity contribution in [2.45, 2.75) is 30.8 Å². The summed E-state index contributed by atoms with van der Waals surface area (Å²) < 4.78 is 60.0. The number of ether oxygens (including phenoxy) is 2. The lowest BCUT2D eigenvalue weighted by Gasteiger charge is -2.30. The van der Waals surface area contributed by atoms with E-state index in [4.69, 9.17) is 9.47 Å². The highest BCUT2D eigenvalue weighted by Gasteiger charge is 2.32. The first-order valence-corrected chi connectivity index (χ1v) is 13.4. The molecule has 2 aromatic rings. The van der Waals surface area contributed by atoms with Crippen LogP contribution in [-0.4, -0.2) is 55.5 Å². The number of benzene rings is 2. The van der Waals surface area contributed by atoms with Gasteiger partial charge in [-0.05, 0) is 43.7 Å². The second-order valence-corrected chi connectivity index (χ2v) is 11.2. The first-order chi connectivity index (χ1) is 14.8. The van der Waals surface area contributed by atoms with Crippen LogP contribution in [0.3, 0.4) is 0 Å². The van der Waals surface area contributed by atoms with Gasteiger partial charge in [0, 0.05) is 12.3 Å². The molecule has 0 heterocycles. The Morgan fingerprint density at radius 2 is 1.53 bits per heavy atom. The van der Waals surface area contributed by atoms with E-state index in [0.717, 1.165) is 16.8 Å². The van der Waals surface area contributed by atoms with E-state index in [9.17, 15) is 21.6 Å². The summed E-state index contributed by atoms with van der Waals surface area (Å²) in [5.74, 6) is 0.127. The number of nitrogens with one attached hydrogen (secondary N) is 1. The van der Waals surface area contributed by atoms with Crippen molar-refractivity contribution in [1.29, 1.82) is 0 Å². The fraction of sp³-hybridized carbons (Fsp3) is 0.381. The van der Waals surface area contributed by atoms with Gasteiger partial charge >= 0.3 is 0 Å². The Hall–Kier alpha value is -2.79. The van der Waals surface area contributed by atoms with E-state index in [1.165, 1.54) is 39.3 Å². The minimum absolute atomic E-state index is 0.168. The largest absolute Gasteiger partial charge is 0.497 e. The monoisotopic (exact) mass is 484 g/mol. The summed E-state index contributed by atoms with van der Waals surface area (Å²) in [4.78, 5) is 13.2. The molecule has 0 bridgehead atoms. The molecule has 0 aliphatic rings. The van der Waals surface area contributed by atoms with E-state index in [0.29, 0.717) is 11.3 Å². The Bertz CT molecular complexity index is 1180. The highest BCUT2D eigenvalue weighted by atomic mass is 32.2. The summed E-state index contributed by atoms with van der Waals surface area (Å²) in [6.45, 7) is 3.19. The van der Waals surface area contributed by atoms with Gasteiger partial charge in [0.15, 0.2) is 9.84 Å². The van der Waals surface area contributed by atoms with Gasteiger partial charge in [0.25, 0.3) is 0 Å². The zero-order valence-corrected chi connectivity index (χ0v) is 20.5. The predicted octanol–water partition coefficient (Wildman–Crippen LogP) is 2.14. The topological polar surface area (TPSA) is 119 Å². The van der Waals surface area contributed by atoms with Crippen LogP contribution in [0.25, 0.3) is 0 Å². The molecule has 0 radical (unpaired) electrons. The van der Waals surface area contributed by atoms with Crippen molar-refractivity contribution < 1.29 is 31.1 Å². The van der Waals surface area contributed by atoms with Crippen LogP contribution in [0.5, 0.6) is 11.5 Å². The van der Waals surface area contributed by atoms with Gasteiger partial charge in [-0.2, -0.15) is 0 Å². The molecule has 0 spiro atoms. The number of sulfone groups is 1. The van der Waals surface area contributed by atoms with Crippen molar-refractivity contribution in [3.05, 3.63) is 48.0 Å². The number of anilines is 1. The first kappa shape index (κ1) is 25.5. The van der Waals surface area contributed by atoms with E-state index in [1.807, 2.05) is 0 Å². The number of rotatable bonds is 9. The van der Waals surface area contributed by atoms with E-state index in [-0.39, 0.29) is 16.3 Å². The first-order valence-electron chi connectivity index (χ1n) is 9.61. The zero-order chi connectivity index (χ0) is 24.3. The molecule has 0 aliphatic heterocycles. The van der Waals surface area contributed by atoms with Gasteiger partial charge in [-0.1, -0.05) is 12.1 Å². The number of carbonyl (C=O) groups is 1. The second kappa shape index (κ2) is 9.78. The maximum atomic E-state index is 13.0. The van der Waals surface area contributed by atoms with Crippen molar-refractivity contribution in [3.63, 3.8) is 0 Å². The molecule has 9 nitrogen and oxygen atoms in total. The van der Waals surface area contributed by atoms with Gasteiger partial charge in [-0.25, -0.2) is 16.8 Å². The lowest BCUT2D eigenvalue weighted by molar-refractivity contribution is -0.122. The molecule has 0 saturated heterocycles. The van der Waals surface area contributed by atoms with Crippen LogP contribution in [0, 0.1) is 0 Å². The van der Waals surface area contributed by atoms with Gasteiger partial charge in [0.05, 0.1) is 37.1 Å². The smallest absolute Gasteiger partial charge is 0.244 e. The number of amides is 1. The van der Waals surface area contributed by atoms with Crippen molar-refractivity contribution >= 4 is 31.5 Å². The highest BCUT2D eigenvalue weighted by molar-refractivity contribution is 7.92. The van der Waals surface area contributed by atoms with Gasteiger partial charge in [0.2, 0.25) is 15.9 Å². The molecule has 2 aromatic carbocycles. The fourth-order valence-corrected chi connectivity index (χ4v) is 4.97. The molecule has 1 N–H and O–H groups in total. The summed E-state index contributed by atoms with van der Waals surface area (Å²) in [5, 5.41) is 2.78. The summed E-state index contributed by atoms with van der Waals surface area (Å²) in [7, 11) is -4.36. The molecule has 2 rings (SSSR count). The van der Waals surface area contributed by atoms with Crippen LogP contribution in [0.15, 0.2) is 47.4 Å².